The van der Waals surface area contributed by atoms with Gasteiger partial charge >= 0.3 is 5.69 Å². The van der Waals surface area contributed by atoms with Crippen LogP contribution in [0.25, 0.3) is 0 Å². The molecule has 0 aliphatic heterocycles. The SMILES string of the molecule is CN(C)C(C)(C)CNC(=O)c1c(F)ccc([N+](=O)[O-])c1F. The van der Waals surface area contributed by atoms with Crippen LogP contribution in [0, 0.1) is 21.7 Å². The van der Waals surface area contributed by atoms with Crippen LogP contribution in [0.2, 0.25) is 0 Å². The Morgan fingerprint density at radius 2 is 1.95 bits per heavy atom. The second-order valence-electron chi connectivity index (χ2n) is 5.40. The molecule has 1 aromatic carbocycles. The molecule has 1 amide bonds. The highest BCUT2D eigenvalue weighted by Gasteiger charge is 2.28. The number of likely N-dealkylation sites (N-methyl/N-ethyl adjacent to an activating group) is 1. The summed E-state index contributed by atoms with van der Waals surface area (Å²) < 4.78 is 27.4. The summed E-state index contributed by atoms with van der Waals surface area (Å²) in [4.78, 5) is 23.3. The van der Waals surface area contributed by atoms with E-state index in [1.165, 1.54) is 0 Å². The van der Waals surface area contributed by atoms with Crippen LogP contribution in [0.4, 0.5) is 14.5 Å². The molecule has 0 saturated heterocycles. The minimum Gasteiger partial charge on any atom is -0.350 e. The lowest BCUT2D eigenvalue weighted by Crippen LogP contribution is -2.48. The fourth-order valence-electron chi connectivity index (χ4n) is 1.43. The monoisotopic (exact) mass is 301 g/mol. The first kappa shape index (κ1) is 17.0. The van der Waals surface area contributed by atoms with Gasteiger partial charge in [-0.3, -0.25) is 14.9 Å². The maximum Gasteiger partial charge on any atom is 0.305 e. The molecule has 1 N–H and O–H groups in total. The van der Waals surface area contributed by atoms with Crippen molar-refractivity contribution in [2.45, 2.75) is 19.4 Å². The van der Waals surface area contributed by atoms with Crippen molar-refractivity contribution in [2.24, 2.45) is 0 Å². The van der Waals surface area contributed by atoms with E-state index in [0.717, 1.165) is 0 Å². The van der Waals surface area contributed by atoms with Gasteiger partial charge in [-0.1, -0.05) is 0 Å². The lowest BCUT2D eigenvalue weighted by Gasteiger charge is -2.32. The third-order valence-electron chi connectivity index (χ3n) is 3.39. The van der Waals surface area contributed by atoms with Gasteiger partial charge in [0, 0.05) is 18.2 Å². The summed E-state index contributed by atoms with van der Waals surface area (Å²) in [6.07, 6.45) is 0. The summed E-state index contributed by atoms with van der Waals surface area (Å²) >= 11 is 0. The van der Waals surface area contributed by atoms with Crippen LogP contribution in [0.1, 0.15) is 24.2 Å². The number of nitrogens with zero attached hydrogens (tertiary/aromatic N) is 2. The van der Waals surface area contributed by atoms with Crippen LogP contribution in [-0.4, -0.2) is 41.9 Å². The molecule has 0 atom stereocenters. The molecule has 0 fully saturated rings. The third kappa shape index (κ3) is 3.72. The van der Waals surface area contributed by atoms with E-state index in [0.29, 0.717) is 12.1 Å². The van der Waals surface area contributed by atoms with Crippen molar-refractivity contribution in [2.75, 3.05) is 20.6 Å². The molecule has 116 valence electrons. The minimum absolute atomic E-state index is 0.125. The van der Waals surface area contributed by atoms with Crippen LogP contribution in [0.5, 0.6) is 0 Å². The number of amides is 1. The smallest absolute Gasteiger partial charge is 0.305 e. The van der Waals surface area contributed by atoms with Crippen molar-refractivity contribution in [3.63, 3.8) is 0 Å². The number of carbonyl (C=O) groups is 1. The van der Waals surface area contributed by atoms with E-state index in [1.54, 1.807) is 14.1 Å². The Labute approximate surface area is 120 Å². The summed E-state index contributed by atoms with van der Waals surface area (Å²) in [5, 5.41) is 13.0. The summed E-state index contributed by atoms with van der Waals surface area (Å²) in [5.74, 6) is -3.64. The third-order valence-corrected chi connectivity index (χ3v) is 3.39. The molecule has 8 heteroatoms. The first-order valence-corrected chi connectivity index (χ1v) is 6.16. The average Bonchev–Trinajstić information content (AvgIpc) is 2.35. The van der Waals surface area contributed by atoms with Gasteiger partial charge in [0.05, 0.1) is 4.92 Å². The largest absolute Gasteiger partial charge is 0.350 e. The van der Waals surface area contributed by atoms with Crippen LogP contribution in [0.3, 0.4) is 0 Å². The number of carbonyl (C=O) groups excluding carboxylic acids is 1. The average molecular weight is 301 g/mol. The molecule has 0 unspecified atom stereocenters. The first-order chi connectivity index (χ1) is 9.58. The van der Waals surface area contributed by atoms with Gasteiger partial charge in [0.2, 0.25) is 5.82 Å². The number of benzene rings is 1. The van der Waals surface area contributed by atoms with E-state index in [2.05, 4.69) is 5.32 Å². The zero-order valence-electron chi connectivity index (χ0n) is 12.2. The summed E-state index contributed by atoms with van der Waals surface area (Å²) in [5.41, 5.74) is -2.32. The fraction of sp³-hybridized carbons (Fsp3) is 0.462. The maximum atomic E-state index is 13.9. The van der Waals surface area contributed by atoms with E-state index in [4.69, 9.17) is 0 Å². The zero-order chi connectivity index (χ0) is 16.4. The van der Waals surface area contributed by atoms with E-state index in [1.807, 2.05) is 18.7 Å². The molecule has 0 aliphatic carbocycles. The van der Waals surface area contributed by atoms with Crippen molar-refractivity contribution >= 4 is 11.6 Å². The lowest BCUT2D eigenvalue weighted by molar-refractivity contribution is -0.387. The molecule has 1 aromatic rings. The van der Waals surface area contributed by atoms with E-state index in [9.17, 15) is 23.7 Å². The Kier molecular flexibility index (Phi) is 4.95. The normalized spacial score (nSPS) is 11.6. The van der Waals surface area contributed by atoms with Crippen molar-refractivity contribution in [1.82, 2.24) is 10.2 Å². The summed E-state index contributed by atoms with van der Waals surface area (Å²) in [6, 6.07) is 1.39. The highest BCUT2D eigenvalue weighted by atomic mass is 19.1. The van der Waals surface area contributed by atoms with Gasteiger partial charge < -0.3 is 10.2 Å². The standard InChI is InChI=1S/C13H17F2N3O3/c1-13(2,17(3)4)7-16-12(19)10-8(14)5-6-9(11(10)15)18(20)21/h5-6H,7H2,1-4H3,(H,16,19). The van der Waals surface area contributed by atoms with E-state index < -0.39 is 39.3 Å². The molecule has 0 saturated carbocycles. The van der Waals surface area contributed by atoms with Crippen molar-refractivity contribution in [1.29, 1.82) is 0 Å². The number of nitro benzene ring substituents is 1. The van der Waals surface area contributed by atoms with Crippen molar-refractivity contribution in [3.8, 4) is 0 Å². The van der Waals surface area contributed by atoms with Gasteiger partial charge in [-0.15, -0.1) is 0 Å². The van der Waals surface area contributed by atoms with Crippen molar-refractivity contribution in [3.05, 3.63) is 39.4 Å². The zero-order valence-corrected chi connectivity index (χ0v) is 12.2. The molecule has 0 aliphatic rings. The Balaban J connectivity index is 3.03. The summed E-state index contributed by atoms with van der Waals surface area (Å²) in [7, 11) is 3.58. The number of hydrogen-bond donors (Lipinski definition) is 1. The number of rotatable bonds is 5. The highest BCUT2D eigenvalue weighted by Crippen LogP contribution is 2.23. The number of halogens is 2. The quantitative estimate of drug-likeness (QED) is 0.666. The van der Waals surface area contributed by atoms with Crippen LogP contribution in [-0.2, 0) is 0 Å². The van der Waals surface area contributed by atoms with Gasteiger partial charge in [0.15, 0.2) is 0 Å². The topological polar surface area (TPSA) is 75.5 Å². The Bertz CT molecular complexity index is 574. The highest BCUT2D eigenvalue weighted by molar-refractivity contribution is 5.95. The summed E-state index contributed by atoms with van der Waals surface area (Å²) in [6.45, 7) is 3.78. The number of hydrogen-bond acceptors (Lipinski definition) is 4. The Morgan fingerprint density at radius 1 is 1.38 bits per heavy atom. The molecule has 0 heterocycles. The van der Waals surface area contributed by atoms with Crippen LogP contribution in [0.15, 0.2) is 12.1 Å². The molecule has 0 radical (unpaired) electrons. The number of nitro groups is 1. The second-order valence-corrected chi connectivity index (χ2v) is 5.40. The van der Waals surface area contributed by atoms with Crippen LogP contribution < -0.4 is 5.32 Å². The van der Waals surface area contributed by atoms with Crippen molar-refractivity contribution < 1.29 is 18.5 Å². The second kappa shape index (κ2) is 6.13. The van der Waals surface area contributed by atoms with Crippen LogP contribution >= 0.6 is 0 Å². The lowest BCUT2D eigenvalue weighted by atomic mass is 10.0. The maximum absolute atomic E-state index is 13.9. The molecule has 1 rings (SSSR count). The predicted molar refractivity (Wildman–Crippen MR) is 73.1 cm³/mol. The molecule has 0 bridgehead atoms. The minimum atomic E-state index is -1.47. The fourth-order valence-corrected chi connectivity index (χ4v) is 1.43. The molecule has 0 spiro atoms. The van der Waals surface area contributed by atoms with Gasteiger partial charge in [0.25, 0.3) is 5.91 Å². The number of nitrogens with one attached hydrogen (secondary N) is 1. The predicted octanol–water partition coefficient (Wildman–Crippen LogP) is 1.94. The van der Waals surface area contributed by atoms with E-state index >= 15 is 0 Å². The molecular weight excluding hydrogens is 284 g/mol. The first-order valence-electron chi connectivity index (χ1n) is 6.16. The molecular formula is C13H17F2N3O3. The Hall–Kier alpha value is -2.09. The van der Waals surface area contributed by atoms with Gasteiger partial charge in [-0.05, 0) is 34.0 Å². The molecule has 21 heavy (non-hydrogen) atoms. The van der Waals surface area contributed by atoms with Gasteiger partial charge in [0.1, 0.15) is 11.4 Å². The Morgan fingerprint density at radius 3 is 2.43 bits per heavy atom. The molecule has 6 nitrogen and oxygen atoms in total. The van der Waals surface area contributed by atoms with Gasteiger partial charge in [-0.2, -0.15) is 4.39 Å². The van der Waals surface area contributed by atoms with E-state index in [-0.39, 0.29) is 6.54 Å². The van der Waals surface area contributed by atoms with Gasteiger partial charge in [-0.25, -0.2) is 4.39 Å². The molecule has 0 aromatic heterocycles.